The molecule has 12 heteroatoms. The van der Waals surface area contributed by atoms with Crippen LogP contribution in [-0.4, -0.2) is 30.2 Å². The van der Waals surface area contributed by atoms with Gasteiger partial charge >= 0.3 is 6.18 Å². The largest absolute Gasteiger partial charge is 0.470 e. The lowest BCUT2D eigenvalue weighted by Gasteiger charge is -2.07. The van der Waals surface area contributed by atoms with Gasteiger partial charge in [0.15, 0.2) is 0 Å². The number of benzene rings is 1. The van der Waals surface area contributed by atoms with Gasteiger partial charge in [0.25, 0.3) is 0 Å². The number of rotatable bonds is 10. The van der Waals surface area contributed by atoms with E-state index in [-0.39, 0.29) is 18.1 Å². The zero-order valence-corrected chi connectivity index (χ0v) is 18.3. The first-order chi connectivity index (χ1) is 16.9. The molecule has 4 rings (SSSR count). The summed E-state index contributed by atoms with van der Waals surface area (Å²) in [6.07, 6.45) is 5.50. The molecule has 0 radical (unpaired) electrons. The number of oxazole rings is 1. The molecule has 3 heterocycles. The molecule has 1 aromatic carbocycles. The fourth-order valence-corrected chi connectivity index (χ4v) is 3.10. The van der Waals surface area contributed by atoms with Gasteiger partial charge in [-0.2, -0.15) is 18.3 Å². The lowest BCUT2D eigenvalue weighted by atomic mass is 10.1. The van der Waals surface area contributed by atoms with Crippen LogP contribution in [0.1, 0.15) is 41.2 Å². The first kappa shape index (κ1) is 24.0. The maximum Gasteiger partial charge on any atom is 0.416 e. The van der Waals surface area contributed by atoms with Crippen LogP contribution in [0, 0.1) is 5.82 Å². The minimum atomic E-state index is -4.61. The van der Waals surface area contributed by atoms with Crippen molar-refractivity contribution < 1.29 is 26.7 Å². The molecule has 0 saturated carbocycles. The molecular formula is C23H20F4N6O2. The maximum atomic E-state index is 13.9. The van der Waals surface area contributed by atoms with E-state index in [9.17, 15) is 17.6 Å². The predicted molar refractivity (Wildman–Crippen MR) is 116 cm³/mol. The molecule has 35 heavy (non-hydrogen) atoms. The molecule has 0 fully saturated rings. The van der Waals surface area contributed by atoms with Gasteiger partial charge in [-0.3, -0.25) is 4.68 Å². The standard InChI is InChI=1S/C23H20F4N6O2/c24-20-13-17(23(25,26)27)6-4-16(20)5-8-21-29-19(14-34-21)15-35-22-9-7-18(30-31-22)3-1-2-11-33-12-10-28-32-33/h4-10,12-14H,1-3,11,15H2. The number of aromatic nitrogens is 6. The number of unbranched alkanes of at least 4 members (excludes halogenated alkanes) is 1. The zero-order chi connectivity index (χ0) is 24.7. The summed E-state index contributed by atoms with van der Waals surface area (Å²) in [7, 11) is 0. The van der Waals surface area contributed by atoms with Crippen LogP contribution in [-0.2, 0) is 25.7 Å². The van der Waals surface area contributed by atoms with Crippen molar-refractivity contribution in [3.05, 3.63) is 83.2 Å². The quantitative estimate of drug-likeness (QED) is 0.230. The van der Waals surface area contributed by atoms with E-state index < -0.39 is 17.6 Å². The second-order valence-corrected chi connectivity index (χ2v) is 7.52. The highest BCUT2D eigenvalue weighted by Gasteiger charge is 2.30. The summed E-state index contributed by atoms with van der Waals surface area (Å²) in [6, 6.07) is 5.85. The number of nitrogens with zero attached hydrogens (tertiary/aromatic N) is 6. The van der Waals surface area contributed by atoms with Crippen LogP contribution in [0.5, 0.6) is 5.88 Å². The van der Waals surface area contributed by atoms with Gasteiger partial charge in [-0.15, -0.1) is 10.2 Å². The molecular weight excluding hydrogens is 468 g/mol. The van der Waals surface area contributed by atoms with Crippen molar-refractivity contribution in [1.29, 1.82) is 0 Å². The Hall–Kier alpha value is -4.09. The Morgan fingerprint density at radius 3 is 2.63 bits per heavy atom. The first-order valence-corrected chi connectivity index (χ1v) is 10.7. The minimum absolute atomic E-state index is 0.0252. The highest BCUT2D eigenvalue weighted by atomic mass is 19.4. The lowest BCUT2D eigenvalue weighted by Crippen LogP contribution is -2.05. The number of alkyl halides is 3. The van der Waals surface area contributed by atoms with E-state index in [1.54, 1.807) is 16.9 Å². The summed E-state index contributed by atoms with van der Waals surface area (Å²) in [5, 5.41) is 15.9. The van der Waals surface area contributed by atoms with Crippen molar-refractivity contribution in [2.45, 2.75) is 38.6 Å². The molecule has 0 aliphatic carbocycles. The molecule has 3 aromatic heterocycles. The van der Waals surface area contributed by atoms with Crippen molar-refractivity contribution in [1.82, 2.24) is 30.2 Å². The van der Waals surface area contributed by atoms with Crippen molar-refractivity contribution >= 4 is 12.2 Å². The van der Waals surface area contributed by atoms with E-state index in [0.29, 0.717) is 17.6 Å². The minimum Gasteiger partial charge on any atom is -0.470 e. The van der Waals surface area contributed by atoms with Gasteiger partial charge in [-0.25, -0.2) is 9.37 Å². The van der Waals surface area contributed by atoms with Crippen molar-refractivity contribution in [2.75, 3.05) is 0 Å². The number of aryl methyl sites for hydroxylation is 2. The second kappa shape index (κ2) is 10.9. The van der Waals surface area contributed by atoms with Crippen molar-refractivity contribution in [3.8, 4) is 5.88 Å². The SMILES string of the molecule is Fc1cc(C(F)(F)F)ccc1C=Cc1nc(COc2ccc(CCCCn3ccnn3)nn2)co1. The fourth-order valence-electron chi connectivity index (χ4n) is 3.10. The van der Waals surface area contributed by atoms with Crippen LogP contribution in [0.2, 0.25) is 0 Å². The van der Waals surface area contributed by atoms with E-state index in [0.717, 1.165) is 43.6 Å². The molecule has 0 aliphatic rings. The molecule has 0 spiro atoms. The molecule has 0 saturated heterocycles. The summed E-state index contributed by atoms with van der Waals surface area (Å²) in [5.74, 6) is -0.526. The normalized spacial score (nSPS) is 11.9. The van der Waals surface area contributed by atoms with E-state index >= 15 is 0 Å². The Labute approximate surface area is 197 Å². The van der Waals surface area contributed by atoms with Crippen LogP contribution >= 0.6 is 0 Å². The van der Waals surface area contributed by atoms with Crippen LogP contribution in [0.25, 0.3) is 12.2 Å². The molecule has 0 amide bonds. The summed E-state index contributed by atoms with van der Waals surface area (Å²) in [6.45, 7) is 0.862. The summed E-state index contributed by atoms with van der Waals surface area (Å²) in [4.78, 5) is 4.17. The topological polar surface area (TPSA) is 91.8 Å². The summed E-state index contributed by atoms with van der Waals surface area (Å²) in [5.41, 5.74) is 0.224. The molecule has 0 aliphatic heterocycles. The van der Waals surface area contributed by atoms with Crippen molar-refractivity contribution in [3.63, 3.8) is 0 Å². The van der Waals surface area contributed by atoms with E-state index in [2.05, 4.69) is 25.5 Å². The van der Waals surface area contributed by atoms with E-state index in [1.165, 1.54) is 18.4 Å². The number of halogens is 4. The molecule has 0 atom stereocenters. The molecule has 182 valence electrons. The van der Waals surface area contributed by atoms with Gasteiger partial charge in [0.05, 0.1) is 17.5 Å². The summed E-state index contributed by atoms with van der Waals surface area (Å²) >= 11 is 0. The summed E-state index contributed by atoms with van der Waals surface area (Å²) < 4.78 is 64.5. The lowest BCUT2D eigenvalue weighted by molar-refractivity contribution is -0.137. The smallest absolute Gasteiger partial charge is 0.416 e. The van der Waals surface area contributed by atoms with Crippen LogP contribution in [0.4, 0.5) is 17.6 Å². The van der Waals surface area contributed by atoms with E-state index in [1.807, 2.05) is 12.3 Å². The fraction of sp³-hybridized carbons (Fsp3) is 0.261. The van der Waals surface area contributed by atoms with Crippen LogP contribution < -0.4 is 4.74 Å². The monoisotopic (exact) mass is 488 g/mol. The average Bonchev–Trinajstić information content (AvgIpc) is 3.52. The first-order valence-electron chi connectivity index (χ1n) is 10.7. The predicted octanol–water partition coefficient (Wildman–Crippen LogP) is 4.99. The molecule has 4 aromatic rings. The average molecular weight is 488 g/mol. The highest BCUT2D eigenvalue weighted by Crippen LogP contribution is 2.30. The van der Waals surface area contributed by atoms with Gasteiger partial charge in [0, 0.05) is 30.4 Å². The third-order valence-corrected chi connectivity index (χ3v) is 4.91. The Morgan fingerprint density at radius 1 is 1.03 bits per heavy atom. The van der Waals surface area contributed by atoms with Gasteiger partial charge in [-0.05, 0) is 43.5 Å². The maximum absolute atomic E-state index is 13.9. The van der Waals surface area contributed by atoms with E-state index in [4.69, 9.17) is 9.15 Å². The third kappa shape index (κ3) is 6.95. The Kier molecular flexibility index (Phi) is 7.48. The number of hydrogen-bond acceptors (Lipinski definition) is 7. The molecule has 0 bridgehead atoms. The Balaban J connectivity index is 1.24. The highest BCUT2D eigenvalue weighted by molar-refractivity contribution is 5.66. The molecule has 0 N–H and O–H groups in total. The third-order valence-electron chi connectivity index (χ3n) is 4.91. The van der Waals surface area contributed by atoms with Gasteiger partial charge < -0.3 is 9.15 Å². The molecule has 0 unspecified atom stereocenters. The van der Waals surface area contributed by atoms with Crippen LogP contribution in [0.3, 0.4) is 0 Å². The molecule has 8 nitrogen and oxygen atoms in total. The number of ether oxygens (including phenoxy) is 1. The Morgan fingerprint density at radius 2 is 1.91 bits per heavy atom. The van der Waals surface area contributed by atoms with Gasteiger partial charge in [0.2, 0.25) is 11.8 Å². The van der Waals surface area contributed by atoms with Gasteiger partial charge in [0.1, 0.15) is 24.4 Å². The van der Waals surface area contributed by atoms with Gasteiger partial charge in [-0.1, -0.05) is 11.3 Å². The second-order valence-electron chi connectivity index (χ2n) is 7.52. The van der Waals surface area contributed by atoms with Crippen molar-refractivity contribution in [2.24, 2.45) is 0 Å². The Bertz CT molecular complexity index is 1250. The zero-order valence-electron chi connectivity index (χ0n) is 18.3. The van der Waals surface area contributed by atoms with Crippen LogP contribution in [0.15, 0.2) is 53.4 Å². The number of hydrogen-bond donors (Lipinski definition) is 0.